The van der Waals surface area contributed by atoms with E-state index in [0.29, 0.717) is 24.0 Å². The number of thioether (sulfide) groups is 1. The van der Waals surface area contributed by atoms with E-state index in [0.717, 1.165) is 40.6 Å². The topological polar surface area (TPSA) is 73.1 Å². The molecular weight excluding hydrogens is 372 g/mol. The number of rotatable bonds is 10. The Bertz CT molecular complexity index is 895. The molecule has 28 heavy (non-hydrogen) atoms. The third-order valence-electron chi connectivity index (χ3n) is 3.82. The number of ether oxygens (including phenoxy) is 1. The molecule has 0 aliphatic carbocycles. The van der Waals surface area contributed by atoms with Gasteiger partial charge in [-0.1, -0.05) is 12.6 Å². The molecule has 1 N–H and O–H groups in total. The van der Waals surface area contributed by atoms with Crippen LogP contribution in [0.3, 0.4) is 0 Å². The van der Waals surface area contributed by atoms with Crippen LogP contribution in [0.25, 0.3) is 0 Å². The molecule has 0 radical (unpaired) electrons. The van der Waals surface area contributed by atoms with Gasteiger partial charge in [-0.05, 0) is 37.6 Å². The van der Waals surface area contributed by atoms with Gasteiger partial charge in [0.25, 0.3) is 0 Å². The fourth-order valence-corrected chi connectivity index (χ4v) is 3.23. The molecule has 0 fully saturated rings. The van der Waals surface area contributed by atoms with Crippen LogP contribution in [0.4, 0.5) is 5.95 Å². The molecule has 0 aromatic carbocycles. The van der Waals surface area contributed by atoms with Gasteiger partial charge in [-0.3, -0.25) is 4.98 Å². The van der Waals surface area contributed by atoms with Crippen LogP contribution < -0.4 is 10.1 Å². The van der Waals surface area contributed by atoms with Gasteiger partial charge >= 0.3 is 0 Å². The molecular formula is C21H24N4O2S. The number of hydrogen-bond donors (Lipinski definition) is 1. The lowest BCUT2D eigenvalue weighted by Gasteiger charge is -2.12. The summed E-state index contributed by atoms with van der Waals surface area (Å²) in [4.78, 5) is 13.3. The molecule has 3 aromatic heterocycles. The number of nitrogens with zero attached hydrogens (tertiary/aromatic N) is 3. The Labute approximate surface area is 169 Å². The fourth-order valence-electron chi connectivity index (χ4n) is 2.48. The second-order valence-corrected chi connectivity index (χ2v) is 7.48. The molecule has 0 saturated carbocycles. The summed E-state index contributed by atoms with van der Waals surface area (Å²) in [7, 11) is 0. The summed E-state index contributed by atoms with van der Waals surface area (Å²) in [5, 5.41) is 3.24. The van der Waals surface area contributed by atoms with Gasteiger partial charge in [0.15, 0.2) is 0 Å². The minimum Gasteiger partial charge on any atom is -0.468 e. The minimum absolute atomic E-state index is 0.522. The Hall–Kier alpha value is -2.80. The summed E-state index contributed by atoms with van der Waals surface area (Å²) in [6, 6.07) is 7.92. The van der Waals surface area contributed by atoms with E-state index in [2.05, 4.69) is 32.9 Å². The van der Waals surface area contributed by atoms with E-state index in [1.165, 1.54) is 0 Å². The van der Waals surface area contributed by atoms with Crippen molar-refractivity contribution >= 4 is 17.7 Å². The van der Waals surface area contributed by atoms with Gasteiger partial charge in [0.2, 0.25) is 11.8 Å². The summed E-state index contributed by atoms with van der Waals surface area (Å²) in [6.07, 6.45) is 6.00. The second kappa shape index (κ2) is 9.94. The molecule has 146 valence electrons. The molecule has 6 nitrogen and oxygen atoms in total. The van der Waals surface area contributed by atoms with Crippen LogP contribution in [0.15, 0.2) is 59.7 Å². The van der Waals surface area contributed by atoms with Crippen molar-refractivity contribution in [2.45, 2.75) is 26.0 Å². The largest absolute Gasteiger partial charge is 0.468 e. The minimum atomic E-state index is 0.522. The van der Waals surface area contributed by atoms with E-state index in [1.807, 2.05) is 31.3 Å². The van der Waals surface area contributed by atoms with Crippen molar-refractivity contribution in [3.8, 4) is 5.88 Å². The van der Waals surface area contributed by atoms with Crippen molar-refractivity contribution in [3.05, 3.63) is 77.8 Å². The van der Waals surface area contributed by atoms with Crippen LogP contribution in [-0.2, 0) is 12.2 Å². The van der Waals surface area contributed by atoms with Crippen molar-refractivity contribution in [2.75, 3.05) is 17.6 Å². The van der Waals surface area contributed by atoms with Crippen LogP contribution in [0.1, 0.15) is 29.5 Å². The van der Waals surface area contributed by atoms with Crippen molar-refractivity contribution in [1.82, 2.24) is 15.0 Å². The molecule has 0 atom stereocenters. The summed E-state index contributed by atoms with van der Waals surface area (Å²) in [6.45, 7) is 8.34. The van der Waals surface area contributed by atoms with Crippen LogP contribution >= 0.6 is 11.8 Å². The predicted molar refractivity (Wildman–Crippen MR) is 113 cm³/mol. The number of nitrogens with one attached hydrogen (secondary N) is 1. The van der Waals surface area contributed by atoms with Crippen LogP contribution in [0.2, 0.25) is 0 Å². The van der Waals surface area contributed by atoms with E-state index in [-0.39, 0.29) is 0 Å². The Morgan fingerprint density at radius 3 is 2.86 bits per heavy atom. The van der Waals surface area contributed by atoms with Crippen LogP contribution in [0, 0.1) is 6.92 Å². The Morgan fingerprint density at radius 1 is 1.25 bits per heavy atom. The first-order valence-corrected chi connectivity index (χ1v) is 10.2. The molecule has 0 saturated heterocycles. The summed E-state index contributed by atoms with van der Waals surface area (Å²) >= 11 is 1.79. The Morgan fingerprint density at radius 2 is 2.14 bits per heavy atom. The molecule has 3 aromatic rings. The zero-order valence-corrected chi connectivity index (χ0v) is 17.0. The number of hydrogen-bond acceptors (Lipinski definition) is 7. The maximum absolute atomic E-state index is 5.73. The first kappa shape index (κ1) is 19.9. The van der Waals surface area contributed by atoms with Crippen LogP contribution in [0.5, 0.6) is 5.88 Å². The third kappa shape index (κ3) is 6.13. The van der Waals surface area contributed by atoms with Crippen molar-refractivity contribution in [2.24, 2.45) is 0 Å². The average molecular weight is 397 g/mol. The van der Waals surface area contributed by atoms with Gasteiger partial charge < -0.3 is 14.5 Å². The first-order chi connectivity index (χ1) is 13.6. The highest BCUT2D eigenvalue weighted by Crippen LogP contribution is 2.22. The highest BCUT2D eigenvalue weighted by molar-refractivity contribution is 7.98. The van der Waals surface area contributed by atoms with Crippen LogP contribution in [-0.4, -0.2) is 27.2 Å². The molecule has 0 amide bonds. The van der Waals surface area contributed by atoms with Gasteiger partial charge in [0.05, 0.1) is 17.8 Å². The van der Waals surface area contributed by atoms with Crippen molar-refractivity contribution < 1.29 is 9.15 Å². The molecule has 7 heteroatoms. The van der Waals surface area contributed by atoms with Crippen molar-refractivity contribution in [1.29, 1.82) is 0 Å². The van der Waals surface area contributed by atoms with E-state index < -0.39 is 0 Å². The van der Waals surface area contributed by atoms with Gasteiger partial charge in [-0.2, -0.15) is 16.7 Å². The zero-order valence-electron chi connectivity index (χ0n) is 16.1. The van der Waals surface area contributed by atoms with Gasteiger partial charge in [0, 0.05) is 42.4 Å². The lowest BCUT2D eigenvalue weighted by Crippen LogP contribution is -2.10. The average Bonchev–Trinajstić information content (AvgIpc) is 3.18. The molecule has 0 spiro atoms. The quantitative estimate of drug-likeness (QED) is 0.396. The smallest absolute Gasteiger partial charge is 0.227 e. The van der Waals surface area contributed by atoms with Gasteiger partial charge in [0.1, 0.15) is 5.76 Å². The van der Waals surface area contributed by atoms with Gasteiger partial charge in [-0.15, -0.1) is 0 Å². The van der Waals surface area contributed by atoms with E-state index in [9.17, 15) is 0 Å². The number of aryl methyl sites for hydroxylation is 1. The molecule has 0 unspecified atom stereocenters. The molecule has 0 bridgehead atoms. The van der Waals surface area contributed by atoms with E-state index >= 15 is 0 Å². The van der Waals surface area contributed by atoms with Crippen molar-refractivity contribution in [3.63, 3.8) is 0 Å². The number of aromatic nitrogens is 3. The van der Waals surface area contributed by atoms with E-state index in [1.54, 1.807) is 31.1 Å². The maximum Gasteiger partial charge on any atom is 0.227 e. The predicted octanol–water partition coefficient (Wildman–Crippen LogP) is 4.62. The number of pyridine rings is 1. The summed E-state index contributed by atoms with van der Waals surface area (Å²) < 4.78 is 11.1. The highest BCUT2D eigenvalue weighted by atomic mass is 32.2. The molecule has 3 heterocycles. The standard InChI is InChI=1S/C21H24N4O2S/c1-15(2)27-20-18(11-17-7-6-16(3)23-12-17)13-24-21(25-20)22-8-10-28-14-19-5-4-9-26-19/h4-7,9,12-13H,1,8,10-11,14H2,2-3H3,(H,22,24,25). The zero-order chi connectivity index (χ0) is 19.8. The Kier molecular flexibility index (Phi) is 7.08. The second-order valence-electron chi connectivity index (χ2n) is 6.37. The first-order valence-electron chi connectivity index (χ1n) is 9.05. The monoisotopic (exact) mass is 396 g/mol. The number of anilines is 1. The normalized spacial score (nSPS) is 10.6. The maximum atomic E-state index is 5.73. The molecule has 0 aliphatic rings. The highest BCUT2D eigenvalue weighted by Gasteiger charge is 2.11. The fraction of sp³-hybridized carbons (Fsp3) is 0.286. The Balaban J connectivity index is 1.59. The SMILES string of the molecule is C=C(C)Oc1nc(NCCSCc2ccco2)ncc1Cc1ccc(C)nc1. The summed E-state index contributed by atoms with van der Waals surface area (Å²) in [5.74, 6) is 4.39. The molecule has 0 aliphatic heterocycles. The van der Waals surface area contributed by atoms with Gasteiger partial charge in [-0.25, -0.2) is 4.98 Å². The lowest BCUT2D eigenvalue weighted by molar-refractivity contribution is 0.408. The number of allylic oxidation sites excluding steroid dienone is 1. The molecule has 3 rings (SSSR count). The van der Waals surface area contributed by atoms with E-state index in [4.69, 9.17) is 9.15 Å². The number of furan rings is 1. The summed E-state index contributed by atoms with van der Waals surface area (Å²) in [5.41, 5.74) is 2.96. The lowest BCUT2D eigenvalue weighted by atomic mass is 10.1. The third-order valence-corrected chi connectivity index (χ3v) is 4.80.